The number of nitriles is 1. The fraction of sp³-hybridized carbons (Fsp3) is 0.174. The minimum atomic E-state index is -0.659. The molecule has 4 heterocycles. The number of nitrogens with zero attached hydrogens (tertiary/aromatic N) is 4. The van der Waals surface area contributed by atoms with Gasteiger partial charge in [-0.15, -0.1) is 11.8 Å². The van der Waals surface area contributed by atoms with Gasteiger partial charge in [-0.1, -0.05) is 5.16 Å². The number of hydrogen-bond donors (Lipinski definition) is 1. The molecule has 1 saturated heterocycles. The van der Waals surface area contributed by atoms with Crippen molar-refractivity contribution in [2.75, 3.05) is 16.9 Å². The van der Waals surface area contributed by atoms with Crippen molar-refractivity contribution in [3.05, 3.63) is 65.5 Å². The standard InChI is InChI=1S/C23H17N5O4S/c1-13-20-16(9-17(19-3-2-8-31-19)26-22(20)32-27-13)23(30)28-12-33-11-18(28)21(29)25-15-6-4-14(10-24)5-7-15/h2-9,18H,11-12H2,1H3,(H,25,29). The van der Waals surface area contributed by atoms with Crippen LogP contribution in [0.1, 0.15) is 21.6 Å². The largest absolute Gasteiger partial charge is 0.463 e. The zero-order valence-electron chi connectivity index (χ0n) is 17.4. The number of amides is 2. The quantitative estimate of drug-likeness (QED) is 0.488. The van der Waals surface area contributed by atoms with Gasteiger partial charge in [-0.3, -0.25) is 9.59 Å². The molecule has 0 bridgehead atoms. The van der Waals surface area contributed by atoms with Crippen LogP contribution < -0.4 is 5.32 Å². The maximum absolute atomic E-state index is 13.7. The van der Waals surface area contributed by atoms with E-state index in [-0.39, 0.29) is 17.5 Å². The maximum atomic E-state index is 13.7. The van der Waals surface area contributed by atoms with Gasteiger partial charge in [0.1, 0.15) is 11.7 Å². The van der Waals surface area contributed by atoms with Gasteiger partial charge in [0, 0.05) is 11.4 Å². The third kappa shape index (κ3) is 3.83. The predicted octanol–water partition coefficient (Wildman–Crippen LogP) is 3.82. The van der Waals surface area contributed by atoms with Crippen LogP contribution >= 0.6 is 11.8 Å². The SMILES string of the molecule is Cc1noc2nc(-c3ccco3)cc(C(=O)N3CSCC3C(=O)Nc3ccc(C#N)cc3)c12. The third-order valence-electron chi connectivity index (χ3n) is 5.35. The highest BCUT2D eigenvalue weighted by Crippen LogP contribution is 2.31. The molecule has 10 heteroatoms. The molecule has 2 amide bonds. The molecule has 0 spiro atoms. The summed E-state index contributed by atoms with van der Waals surface area (Å²) in [5.74, 6) is 0.721. The molecule has 1 atom stereocenters. The molecule has 1 fully saturated rings. The third-order valence-corrected chi connectivity index (χ3v) is 6.36. The first-order chi connectivity index (χ1) is 16.0. The minimum absolute atomic E-state index is 0.232. The Morgan fingerprint density at radius 3 is 2.82 bits per heavy atom. The first-order valence-corrected chi connectivity index (χ1v) is 11.2. The molecule has 5 rings (SSSR count). The number of pyridine rings is 1. The smallest absolute Gasteiger partial charge is 0.259 e. The second kappa shape index (κ2) is 8.44. The Hall–Kier alpha value is -4.10. The monoisotopic (exact) mass is 459 g/mol. The highest BCUT2D eigenvalue weighted by molar-refractivity contribution is 7.99. The van der Waals surface area contributed by atoms with E-state index < -0.39 is 6.04 Å². The molecule has 33 heavy (non-hydrogen) atoms. The summed E-state index contributed by atoms with van der Waals surface area (Å²) >= 11 is 1.50. The van der Waals surface area contributed by atoms with Gasteiger partial charge in [0.25, 0.3) is 11.6 Å². The Kier molecular flexibility index (Phi) is 5.32. The average molecular weight is 459 g/mol. The van der Waals surface area contributed by atoms with Gasteiger partial charge in [-0.05, 0) is 49.4 Å². The first-order valence-electron chi connectivity index (χ1n) is 10.1. The van der Waals surface area contributed by atoms with E-state index in [0.717, 1.165) is 0 Å². The average Bonchev–Trinajstić information content (AvgIpc) is 3.60. The lowest BCUT2D eigenvalue weighted by Crippen LogP contribution is -2.44. The van der Waals surface area contributed by atoms with E-state index in [1.165, 1.54) is 22.9 Å². The summed E-state index contributed by atoms with van der Waals surface area (Å²) in [5, 5.41) is 16.3. The summed E-state index contributed by atoms with van der Waals surface area (Å²) in [6.07, 6.45) is 1.52. The molecule has 1 aliphatic heterocycles. The van der Waals surface area contributed by atoms with Crippen molar-refractivity contribution >= 4 is 40.4 Å². The van der Waals surface area contributed by atoms with Crippen molar-refractivity contribution in [3.8, 4) is 17.5 Å². The van der Waals surface area contributed by atoms with E-state index in [2.05, 4.69) is 15.5 Å². The molecule has 1 aliphatic rings. The summed E-state index contributed by atoms with van der Waals surface area (Å²) in [7, 11) is 0. The normalized spacial score (nSPS) is 15.5. The van der Waals surface area contributed by atoms with Crippen molar-refractivity contribution in [2.24, 2.45) is 0 Å². The van der Waals surface area contributed by atoms with Gasteiger partial charge >= 0.3 is 0 Å². The Morgan fingerprint density at radius 2 is 2.09 bits per heavy atom. The first kappa shape index (κ1) is 20.8. The number of carbonyl (C=O) groups excluding carboxylic acids is 2. The van der Waals surface area contributed by atoms with E-state index in [4.69, 9.17) is 14.2 Å². The van der Waals surface area contributed by atoms with Crippen molar-refractivity contribution < 1.29 is 18.5 Å². The van der Waals surface area contributed by atoms with Crippen LogP contribution in [0, 0.1) is 18.3 Å². The summed E-state index contributed by atoms with van der Waals surface area (Å²) in [6, 6.07) is 13.1. The molecule has 164 valence electrons. The number of anilines is 1. The number of nitrogens with one attached hydrogen (secondary N) is 1. The van der Waals surface area contributed by atoms with Gasteiger partial charge < -0.3 is 19.2 Å². The van der Waals surface area contributed by atoms with Crippen LogP contribution in [-0.4, -0.2) is 44.5 Å². The number of aryl methyl sites for hydroxylation is 1. The van der Waals surface area contributed by atoms with Crippen LogP contribution in [0.25, 0.3) is 22.6 Å². The van der Waals surface area contributed by atoms with Crippen LogP contribution in [-0.2, 0) is 4.79 Å². The fourth-order valence-corrected chi connectivity index (χ4v) is 4.84. The maximum Gasteiger partial charge on any atom is 0.259 e. The molecule has 1 unspecified atom stereocenters. The summed E-state index contributed by atoms with van der Waals surface area (Å²) < 4.78 is 10.8. The van der Waals surface area contributed by atoms with Crippen LogP contribution in [0.4, 0.5) is 5.69 Å². The molecular weight excluding hydrogens is 442 g/mol. The Morgan fingerprint density at radius 1 is 1.27 bits per heavy atom. The number of rotatable bonds is 4. The van der Waals surface area contributed by atoms with Crippen LogP contribution in [0.5, 0.6) is 0 Å². The van der Waals surface area contributed by atoms with Crippen molar-refractivity contribution in [2.45, 2.75) is 13.0 Å². The summed E-state index contributed by atoms with van der Waals surface area (Å²) in [5.41, 5.74) is 2.62. The molecule has 0 saturated carbocycles. The molecule has 1 aromatic carbocycles. The molecule has 0 aliphatic carbocycles. The second-order valence-corrected chi connectivity index (χ2v) is 8.45. The predicted molar refractivity (Wildman–Crippen MR) is 121 cm³/mol. The zero-order chi connectivity index (χ0) is 22.9. The van der Waals surface area contributed by atoms with Gasteiger partial charge in [0.05, 0.1) is 40.4 Å². The Balaban J connectivity index is 1.46. The van der Waals surface area contributed by atoms with Gasteiger partial charge in [-0.25, -0.2) is 4.98 Å². The molecule has 3 aromatic heterocycles. The van der Waals surface area contributed by atoms with E-state index in [0.29, 0.717) is 51.0 Å². The van der Waals surface area contributed by atoms with Crippen LogP contribution in [0.2, 0.25) is 0 Å². The molecule has 4 aromatic rings. The molecule has 0 radical (unpaired) electrons. The number of aromatic nitrogens is 2. The molecule has 1 N–H and O–H groups in total. The van der Waals surface area contributed by atoms with E-state index in [9.17, 15) is 9.59 Å². The number of thioether (sulfide) groups is 1. The van der Waals surface area contributed by atoms with Crippen molar-refractivity contribution in [3.63, 3.8) is 0 Å². The van der Waals surface area contributed by atoms with E-state index in [1.54, 1.807) is 49.4 Å². The van der Waals surface area contributed by atoms with Gasteiger partial charge in [0.2, 0.25) is 5.91 Å². The van der Waals surface area contributed by atoms with Crippen molar-refractivity contribution in [1.82, 2.24) is 15.0 Å². The number of hydrogen-bond acceptors (Lipinski definition) is 8. The van der Waals surface area contributed by atoms with Gasteiger partial charge in [0.15, 0.2) is 5.76 Å². The lowest BCUT2D eigenvalue weighted by atomic mass is 10.1. The fourth-order valence-electron chi connectivity index (χ4n) is 3.68. The lowest BCUT2D eigenvalue weighted by molar-refractivity contribution is -0.119. The Labute approximate surface area is 192 Å². The van der Waals surface area contributed by atoms with Crippen LogP contribution in [0.15, 0.2) is 57.7 Å². The number of fused-ring (bicyclic) bond motifs is 1. The Bertz CT molecular complexity index is 1390. The van der Waals surface area contributed by atoms with Crippen molar-refractivity contribution in [1.29, 1.82) is 5.26 Å². The highest BCUT2D eigenvalue weighted by atomic mass is 32.2. The number of furan rings is 1. The molecular formula is C23H17N5O4S. The number of benzene rings is 1. The van der Waals surface area contributed by atoms with E-state index in [1.807, 2.05) is 6.07 Å². The summed E-state index contributed by atoms with van der Waals surface area (Å²) in [6.45, 7) is 1.74. The number of carbonyl (C=O) groups is 2. The minimum Gasteiger partial charge on any atom is -0.463 e. The second-order valence-electron chi connectivity index (χ2n) is 7.45. The van der Waals surface area contributed by atoms with Gasteiger partial charge in [-0.2, -0.15) is 5.26 Å². The van der Waals surface area contributed by atoms with Crippen LogP contribution in [0.3, 0.4) is 0 Å². The van der Waals surface area contributed by atoms with E-state index >= 15 is 0 Å². The summed E-state index contributed by atoms with van der Waals surface area (Å²) in [4.78, 5) is 32.6. The topological polar surface area (TPSA) is 125 Å². The zero-order valence-corrected chi connectivity index (χ0v) is 18.3. The lowest BCUT2D eigenvalue weighted by Gasteiger charge is -2.23. The molecule has 9 nitrogen and oxygen atoms in total. The highest BCUT2D eigenvalue weighted by Gasteiger charge is 2.36.